The van der Waals surface area contributed by atoms with E-state index in [1.807, 2.05) is 0 Å². The Balaban J connectivity index is 2.96. The molecule has 0 heterocycles. The fourth-order valence-corrected chi connectivity index (χ4v) is 1.79. The summed E-state index contributed by atoms with van der Waals surface area (Å²) in [4.78, 5) is 11.8. The fraction of sp³-hybridized carbons (Fsp3) is 0.462. The molecule has 1 unspecified atom stereocenters. The molecule has 106 valence electrons. The third kappa shape index (κ3) is 4.42. The summed E-state index contributed by atoms with van der Waals surface area (Å²) in [6.07, 6.45) is 0.524. The van der Waals surface area contributed by atoms with Gasteiger partial charge in [0, 0.05) is 32.1 Å². The highest BCUT2D eigenvalue weighted by atomic mass is 16.5. The lowest BCUT2D eigenvalue weighted by atomic mass is 10.1. The fourth-order valence-electron chi connectivity index (χ4n) is 1.79. The second kappa shape index (κ2) is 7.60. The molecule has 0 bridgehead atoms. The number of methoxy groups -OCH3 is 1. The highest BCUT2D eigenvalue weighted by molar-refractivity contribution is 6.00. The van der Waals surface area contributed by atoms with Gasteiger partial charge in [0.05, 0.1) is 18.2 Å². The van der Waals surface area contributed by atoms with Crippen molar-refractivity contribution in [3.8, 4) is 0 Å². The van der Waals surface area contributed by atoms with E-state index in [0.717, 1.165) is 0 Å². The Labute approximate surface area is 112 Å². The summed E-state index contributed by atoms with van der Waals surface area (Å²) in [5.74, 6) is -0.192. The second-order valence-electron chi connectivity index (χ2n) is 4.19. The Morgan fingerprint density at radius 3 is 2.84 bits per heavy atom. The first-order chi connectivity index (χ1) is 9.12. The molecule has 0 aliphatic rings. The van der Waals surface area contributed by atoms with Crippen LogP contribution in [0.3, 0.4) is 0 Å². The molecular formula is C13H21N3O3. The van der Waals surface area contributed by atoms with E-state index >= 15 is 0 Å². The molecule has 0 aliphatic carbocycles. The van der Waals surface area contributed by atoms with Crippen molar-refractivity contribution in [1.29, 1.82) is 0 Å². The van der Waals surface area contributed by atoms with Gasteiger partial charge in [0.2, 0.25) is 0 Å². The highest BCUT2D eigenvalue weighted by Crippen LogP contribution is 2.20. The summed E-state index contributed by atoms with van der Waals surface area (Å²) in [6, 6.07) is 4.96. The van der Waals surface area contributed by atoms with Crippen LogP contribution in [-0.2, 0) is 4.74 Å². The number of hydrogen-bond acceptors (Lipinski definition) is 5. The monoisotopic (exact) mass is 267 g/mol. The molecule has 0 aliphatic heterocycles. The van der Waals surface area contributed by atoms with Gasteiger partial charge in [0.25, 0.3) is 5.91 Å². The molecule has 0 fully saturated rings. The Kier molecular flexibility index (Phi) is 6.11. The standard InChI is InChI=1S/C13H21N3O3/c1-15-13(18)11-4-3-9(14)7-12(11)16-10(5-6-17)8-19-2/h3-4,7,10,16-17H,5-6,8,14H2,1-2H3,(H,15,18). The molecule has 1 rings (SSSR count). The molecule has 6 nitrogen and oxygen atoms in total. The first kappa shape index (κ1) is 15.3. The lowest BCUT2D eigenvalue weighted by Crippen LogP contribution is -2.28. The minimum atomic E-state index is -0.192. The maximum absolute atomic E-state index is 11.8. The summed E-state index contributed by atoms with van der Waals surface area (Å²) >= 11 is 0. The van der Waals surface area contributed by atoms with Crippen LogP contribution >= 0.6 is 0 Å². The van der Waals surface area contributed by atoms with Crippen molar-refractivity contribution in [2.45, 2.75) is 12.5 Å². The highest BCUT2D eigenvalue weighted by Gasteiger charge is 2.14. The molecule has 1 amide bonds. The molecule has 1 aromatic rings. The average molecular weight is 267 g/mol. The maximum atomic E-state index is 11.8. The van der Waals surface area contributed by atoms with Gasteiger partial charge >= 0.3 is 0 Å². The predicted molar refractivity (Wildman–Crippen MR) is 75.2 cm³/mol. The van der Waals surface area contributed by atoms with Crippen LogP contribution in [0.5, 0.6) is 0 Å². The van der Waals surface area contributed by atoms with Gasteiger partial charge in [-0.3, -0.25) is 4.79 Å². The summed E-state index contributed by atoms with van der Waals surface area (Å²) in [5, 5.41) is 14.8. The normalized spacial score (nSPS) is 11.9. The molecule has 5 N–H and O–H groups in total. The van der Waals surface area contributed by atoms with E-state index < -0.39 is 0 Å². The molecule has 0 radical (unpaired) electrons. The summed E-state index contributed by atoms with van der Waals surface area (Å²) in [5.41, 5.74) is 7.45. The Bertz CT molecular complexity index is 418. The maximum Gasteiger partial charge on any atom is 0.253 e. The number of nitrogens with two attached hydrogens (primary N) is 1. The van der Waals surface area contributed by atoms with E-state index in [1.165, 1.54) is 0 Å². The van der Waals surface area contributed by atoms with E-state index in [9.17, 15) is 4.79 Å². The number of benzene rings is 1. The number of hydrogen-bond donors (Lipinski definition) is 4. The molecule has 0 aromatic heterocycles. The largest absolute Gasteiger partial charge is 0.399 e. The van der Waals surface area contributed by atoms with E-state index in [4.69, 9.17) is 15.6 Å². The Hall–Kier alpha value is -1.79. The third-order valence-electron chi connectivity index (χ3n) is 2.72. The number of amides is 1. The molecule has 1 aromatic carbocycles. The quantitative estimate of drug-likeness (QED) is 0.537. The molecule has 6 heteroatoms. The number of ether oxygens (including phenoxy) is 1. The van der Waals surface area contributed by atoms with Crippen LogP contribution in [-0.4, -0.2) is 44.4 Å². The van der Waals surface area contributed by atoms with Gasteiger partial charge in [0.15, 0.2) is 0 Å². The zero-order valence-corrected chi connectivity index (χ0v) is 11.3. The minimum absolute atomic E-state index is 0.0403. The number of rotatable bonds is 7. The van der Waals surface area contributed by atoms with Gasteiger partial charge in [-0.1, -0.05) is 0 Å². The van der Waals surface area contributed by atoms with Crippen LogP contribution in [0.1, 0.15) is 16.8 Å². The van der Waals surface area contributed by atoms with Crippen molar-refractivity contribution >= 4 is 17.3 Å². The van der Waals surface area contributed by atoms with Crippen LogP contribution in [0.2, 0.25) is 0 Å². The van der Waals surface area contributed by atoms with E-state index in [2.05, 4.69) is 10.6 Å². The summed E-state index contributed by atoms with van der Waals surface area (Å²) in [6.45, 7) is 0.473. The molecule has 0 saturated carbocycles. The van der Waals surface area contributed by atoms with Crippen LogP contribution in [0.15, 0.2) is 18.2 Å². The lowest BCUT2D eigenvalue weighted by molar-refractivity contribution is 0.0963. The zero-order valence-electron chi connectivity index (χ0n) is 11.3. The van der Waals surface area contributed by atoms with Crippen LogP contribution in [0.4, 0.5) is 11.4 Å². The van der Waals surface area contributed by atoms with Gasteiger partial charge < -0.3 is 26.2 Å². The minimum Gasteiger partial charge on any atom is -0.399 e. The van der Waals surface area contributed by atoms with Crippen molar-refractivity contribution < 1.29 is 14.6 Å². The first-order valence-corrected chi connectivity index (χ1v) is 6.10. The topological polar surface area (TPSA) is 96.6 Å². The molecular weight excluding hydrogens is 246 g/mol. The van der Waals surface area contributed by atoms with Crippen molar-refractivity contribution in [1.82, 2.24) is 5.32 Å². The van der Waals surface area contributed by atoms with Crippen molar-refractivity contribution in [2.24, 2.45) is 0 Å². The number of nitrogens with one attached hydrogen (secondary N) is 2. The van der Waals surface area contributed by atoms with Crippen molar-refractivity contribution in [3.63, 3.8) is 0 Å². The van der Waals surface area contributed by atoms with Gasteiger partial charge in [-0.25, -0.2) is 0 Å². The number of carbonyl (C=O) groups is 1. The smallest absolute Gasteiger partial charge is 0.253 e. The van der Waals surface area contributed by atoms with E-state index in [0.29, 0.717) is 30.0 Å². The third-order valence-corrected chi connectivity index (χ3v) is 2.72. The molecule has 19 heavy (non-hydrogen) atoms. The Morgan fingerprint density at radius 2 is 2.26 bits per heavy atom. The molecule has 0 spiro atoms. The van der Waals surface area contributed by atoms with Gasteiger partial charge in [-0.15, -0.1) is 0 Å². The summed E-state index contributed by atoms with van der Waals surface area (Å²) < 4.78 is 5.08. The predicted octanol–water partition coefficient (Wildman–Crippen LogP) is 0.438. The van der Waals surface area contributed by atoms with Gasteiger partial charge in [-0.05, 0) is 24.6 Å². The van der Waals surface area contributed by atoms with Crippen LogP contribution < -0.4 is 16.4 Å². The van der Waals surface area contributed by atoms with Crippen molar-refractivity contribution in [3.05, 3.63) is 23.8 Å². The number of anilines is 2. The number of aliphatic hydroxyl groups is 1. The summed E-state index contributed by atoms with van der Waals surface area (Å²) in [7, 11) is 3.16. The average Bonchev–Trinajstić information content (AvgIpc) is 2.38. The van der Waals surface area contributed by atoms with Crippen LogP contribution in [0.25, 0.3) is 0 Å². The van der Waals surface area contributed by atoms with Gasteiger partial charge in [-0.2, -0.15) is 0 Å². The van der Waals surface area contributed by atoms with Crippen molar-refractivity contribution in [2.75, 3.05) is 38.4 Å². The number of nitrogen functional groups attached to an aromatic ring is 1. The Morgan fingerprint density at radius 1 is 1.53 bits per heavy atom. The number of aliphatic hydroxyl groups excluding tert-OH is 1. The molecule has 0 saturated heterocycles. The van der Waals surface area contributed by atoms with Gasteiger partial charge in [0.1, 0.15) is 0 Å². The zero-order chi connectivity index (χ0) is 14.3. The lowest BCUT2D eigenvalue weighted by Gasteiger charge is -2.20. The number of carbonyl (C=O) groups excluding carboxylic acids is 1. The first-order valence-electron chi connectivity index (χ1n) is 6.10. The SMILES string of the molecule is CNC(=O)c1ccc(N)cc1NC(CCO)COC. The van der Waals surface area contributed by atoms with E-state index in [-0.39, 0.29) is 18.6 Å². The molecule has 1 atom stereocenters. The van der Waals surface area contributed by atoms with Crippen LogP contribution in [0, 0.1) is 0 Å². The second-order valence-corrected chi connectivity index (χ2v) is 4.19. The van der Waals surface area contributed by atoms with E-state index in [1.54, 1.807) is 32.4 Å².